The third kappa shape index (κ3) is 5.78. The number of carbonyl (C=O) groups is 4. The molecule has 0 bridgehead atoms. The second-order valence-electron chi connectivity index (χ2n) is 5.09. The second kappa shape index (κ2) is 8.60. The zero-order valence-electron chi connectivity index (χ0n) is 13.7. The summed E-state index contributed by atoms with van der Waals surface area (Å²) in [4.78, 5) is 44.9. The molecule has 1 heterocycles. The molecule has 0 aliphatic carbocycles. The van der Waals surface area contributed by atoms with Crippen molar-refractivity contribution in [3.8, 4) is 0 Å². The summed E-state index contributed by atoms with van der Waals surface area (Å²) >= 11 is 0. The SMILES string of the molecule is CC(=O)OC[C@@H]1OC(O)[C@H](OC(C)=O)[C@@H](OC(C)=O)[C@@H]1OC(C)=O. The molecule has 24 heavy (non-hydrogen) atoms. The van der Waals surface area contributed by atoms with Crippen molar-refractivity contribution < 1.29 is 48.0 Å². The lowest BCUT2D eigenvalue weighted by Crippen LogP contribution is -2.62. The maximum Gasteiger partial charge on any atom is 0.303 e. The van der Waals surface area contributed by atoms with E-state index in [0.29, 0.717) is 0 Å². The molecule has 0 amide bonds. The van der Waals surface area contributed by atoms with Crippen LogP contribution < -0.4 is 0 Å². The second-order valence-corrected chi connectivity index (χ2v) is 5.09. The number of aliphatic hydroxyl groups excluding tert-OH is 1. The highest BCUT2D eigenvalue weighted by molar-refractivity contribution is 5.68. The number of carbonyl (C=O) groups excluding carboxylic acids is 4. The maximum atomic E-state index is 11.3. The fraction of sp³-hybridized carbons (Fsp3) is 0.714. The number of hydrogen-bond acceptors (Lipinski definition) is 10. The van der Waals surface area contributed by atoms with E-state index in [1.807, 2.05) is 0 Å². The van der Waals surface area contributed by atoms with Gasteiger partial charge in [-0.3, -0.25) is 19.2 Å². The molecule has 136 valence electrons. The van der Waals surface area contributed by atoms with E-state index in [1.165, 1.54) is 0 Å². The molecule has 0 aromatic rings. The number of ether oxygens (including phenoxy) is 5. The first-order valence-electron chi connectivity index (χ1n) is 7.10. The first kappa shape index (κ1) is 19.8. The van der Waals surface area contributed by atoms with E-state index in [9.17, 15) is 24.3 Å². The molecule has 1 unspecified atom stereocenters. The molecule has 0 aromatic heterocycles. The summed E-state index contributed by atoms with van der Waals surface area (Å²) in [7, 11) is 0. The van der Waals surface area contributed by atoms with Gasteiger partial charge in [0.25, 0.3) is 0 Å². The van der Waals surface area contributed by atoms with Crippen molar-refractivity contribution in [2.24, 2.45) is 0 Å². The first-order chi connectivity index (χ1) is 11.1. The smallest absolute Gasteiger partial charge is 0.303 e. The summed E-state index contributed by atoms with van der Waals surface area (Å²) in [6, 6.07) is 0. The van der Waals surface area contributed by atoms with Crippen LogP contribution in [0.1, 0.15) is 27.7 Å². The van der Waals surface area contributed by atoms with E-state index in [0.717, 1.165) is 27.7 Å². The topological polar surface area (TPSA) is 135 Å². The van der Waals surface area contributed by atoms with E-state index in [-0.39, 0.29) is 6.61 Å². The van der Waals surface area contributed by atoms with Crippen molar-refractivity contribution in [3.63, 3.8) is 0 Å². The van der Waals surface area contributed by atoms with Gasteiger partial charge in [-0.05, 0) is 0 Å². The van der Waals surface area contributed by atoms with Gasteiger partial charge in [-0.1, -0.05) is 0 Å². The zero-order valence-corrected chi connectivity index (χ0v) is 13.7. The lowest BCUT2D eigenvalue weighted by atomic mass is 9.98. The molecule has 1 rings (SSSR count). The van der Waals surface area contributed by atoms with Gasteiger partial charge in [-0.25, -0.2) is 0 Å². The van der Waals surface area contributed by atoms with E-state index in [1.54, 1.807) is 0 Å². The largest absolute Gasteiger partial charge is 0.463 e. The third-order valence-corrected chi connectivity index (χ3v) is 2.97. The highest BCUT2D eigenvalue weighted by Crippen LogP contribution is 2.28. The molecule has 10 heteroatoms. The minimum Gasteiger partial charge on any atom is -0.463 e. The Morgan fingerprint density at radius 2 is 1.25 bits per heavy atom. The molecule has 5 atom stereocenters. The molecule has 0 aromatic carbocycles. The molecule has 10 nitrogen and oxygen atoms in total. The van der Waals surface area contributed by atoms with Gasteiger partial charge in [0.05, 0.1) is 0 Å². The van der Waals surface area contributed by atoms with Crippen molar-refractivity contribution in [3.05, 3.63) is 0 Å². The van der Waals surface area contributed by atoms with Crippen LogP contribution in [0.5, 0.6) is 0 Å². The quantitative estimate of drug-likeness (QED) is 0.490. The number of rotatable bonds is 5. The summed E-state index contributed by atoms with van der Waals surface area (Å²) in [5, 5.41) is 10.0. The lowest BCUT2D eigenvalue weighted by Gasteiger charge is -2.42. The summed E-state index contributed by atoms with van der Waals surface area (Å²) in [6.07, 6.45) is -6.79. The third-order valence-electron chi connectivity index (χ3n) is 2.97. The predicted octanol–water partition coefficient (Wildman–Crippen LogP) is -0.938. The fourth-order valence-electron chi connectivity index (χ4n) is 2.21. The normalized spacial score (nSPS) is 29.3. The van der Waals surface area contributed by atoms with Crippen LogP contribution in [0.2, 0.25) is 0 Å². The number of aliphatic hydroxyl groups is 1. The van der Waals surface area contributed by atoms with Gasteiger partial charge in [0.15, 0.2) is 24.6 Å². The van der Waals surface area contributed by atoms with Gasteiger partial charge in [0.2, 0.25) is 0 Å². The van der Waals surface area contributed by atoms with Crippen LogP contribution in [0.25, 0.3) is 0 Å². The van der Waals surface area contributed by atoms with E-state index in [4.69, 9.17) is 23.7 Å². The van der Waals surface area contributed by atoms with Gasteiger partial charge in [0.1, 0.15) is 12.7 Å². The first-order valence-corrected chi connectivity index (χ1v) is 7.10. The molecular formula is C14H20O10. The van der Waals surface area contributed by atoms with Crippen LogP contribution in [-0.4, -0.2) is 66.3 Å². The summed E-state index contributed by atoms with van der Waals surface area (Å²) in [5.41, 5.74) is 0. The Hall–Kier alpha value is -2.20. The van der Waals surface area contributed by atoms with Gasteiger partial charge >= 0.3 is 23.9 Å². The van der Waals surface area contributed by atoms with Crippen LogP contribution in [0.15, 0.2) is 0 Å². The highest BCUT2D eigenvalue weighted by Gasteiger charge is 2.51. The van der Waals surface area contributed by atoms with E-state index in [2.05, 4.69) is 0 Å². The average molecular weight is 348 g/mol. The molecule has 0 saturated carbocycles. The van der Waals surface area contributed by atoms with Crippen LogP contribution in [0, 0.1) is 0 Å². The molecular weight excluding hydrogens is 328 g/mol. The van der Waals surface area contributed by atoms with Gasteiger partial charge in [-0.2, -0.15) is 0 Å². The van der Waals surface area contributed by atoms with Crippen LogP contribution >= 0.6 is 0 Å². The van der Waals surface area contributed by atoms with Crippen LogP contribution in [0.3, 0.4) is 0 Å². The van der Waals surface area contributed by atoms with Crippen molar-refractivity contribution in [1.82, 2.24) is 0 Å². The Balaban J connectivity index is 3.11. The molecule has 0 spiro atoms. The lowest BCUT2D eigenvalue weighted by molar-refractivity contribution is -0.296. The molecule has 1 saturated heterocycles. The monoisotopic (exact) mass is 348 g/mol. The summed E-state index contributed by atoms with van der Waals surface area (Å²) in [6.45, 7) is 4.09. The molecule has 1 aliphatic rings. The van der Waals surface area contributed by atoms with Gasteiger partial charge in [0, 0.05) is 27.7 Å². The highest BCUT2D eigenvalue weighted by atomic mass is 16.7. The molecule has 1 aliphatic heterocycles. The fourth-order valence-corrected chi connectivity index (χ4v) is 2.21. The Morgan fingerprint density at radius 3 is 1.71 bits per heavy atom. The standard InChI is InChI=1S/C14H20O10/c1-6(15)20-5-10-11(21-7(2)16)12(22-8(3)17)13(14(19)24-10)23-9(4)18/h10-14,19H,5H2,1-4H3/t10-,11+,12-,13+,14?/m0/s1. The van der Waals surface area contributed by atoms with Gasteiger partial charge in [-0.15, -0.1) is 0 Å². The van der Waals surface area contributed by atoms with Crippen molar-refractivity contribution in [2.45, 2.75) is 58.4 Å². The van der Waals surface area contributed by atoms with Gasteiger partial charge < -0.3 is 28.8 Å². The van der Waals surface area contributed by atoms with Crippen molar-refractivity contribution >= 4 is 23.9 Å². The molecule has 1 N–H and O–H groups in total. The van der Waals surface area contributed by atoms with Crippen LogP contribution in [0.4, 0.5) is 0 Å². The number of esters is 4. The van der Waals surface area contributed by atoms with Crippen LogP contribution in [-0.2, 0) is 42.9 Å². The maximum absolute atomic E-state index is 11.3. The van der Waals surface area contributed by atoms with Crippen molar-refractivity contribution in [2.75, 3.05) is 6.61 Å². The predicted molar refractivity (Wildman–Crippen MR) is 74.2 cm³/mol. The zero-order chi connectivity index (χ0) is 18.4. The Morgan fingerprint density at radius 1 is 0.792 bits per heavy atom. The molecule has 0 radical (unpaired) electrons. The molecule has 1 fully saturated rings. The average Bonchev–Trinajstić information content (AvgIpc) is 2.42. The summed E-state index contributed by atoms with van der Waals surface area (Å²) in [5.74, 6) is -2.87. The number of hydrogen-bond donors (Lipinski definition) is 1. The summed E-state index contributed by atoms with van der Waals surface area (Å²) < 4.78 is 25.0. The Kier molecular flexibility index (Phi) is 7.11. The van der Waals surface area contributed by atoms with E-state index < -0.39 is 54.6 Å². The Bertz CT molecular complexity index is 502. The minimum atomic E-state index is -1.68. The Labute approximate surface area is 137 Å². The minimum absolute atomic E-state index is 0.366. The van der Waals surface area contributed by atoms with Crippen molar-refractivity contribution in [1.29, 1.82) is 0 Å². The van der Waals surface area contributed by atoms with E-state index >= 15 is 0 Å².